The van der Waals surface area contributed by atoms with Gasteiger partial charge in [0.05, 0.1) is 4.47 Å². The fraction of sp³-hybridized carbons (Fsp3) is 0. The Kier molecular flexibility index (Phi) is 1.32. The highest BCUT2D eigenvalue weighted by Crippen LogP contribution is 2.22. The van der Waals surface area contributed by atoms with Gasteiger partial charge in [-0.15, -0.1) is 0 Å². The number of oxazole rings is 1. The van der Waals surface area contributed by atoms with E-state index >= 15 is 0 Å². The molecule has 0 fully saturated rings. The molecule has 0 atom stereocenters. The van der Waals surface area contributed by atoms with Crippen LogP contribution in [0.5, 0.6) is 0 Å². The lowest BCUT2D eigenvalue weighted by molar-refractivity contribution is 0.614. The van der Waals surface area contributed by atoms with Crippen LogP contribution in [0.1, 0.15) is 0 Å². The largest absolute Gasteiger partial charge is 0.405 e. The first-order valence-electron chi connectivity index (χ1n) is 2.94. The Balaban J connectivity index is 2.90. The summed E-state index contributed by atoms with van der Waals surface area (Å²) in [6, 6.07) is 1.92. The van der Waals surface area contributed by atoms with E-state index in [1.54, 1.807) is 12.3 Å². The maximum absolute atomic E-state index is 5.32. The summed E-state index contributed by atoms with van der Waals surface area (Å²) in [6.07, 6.45) is 1.62. The SMILES string of the molecule is Nc1nc2c(Br)ccnc2o1. The van der Waals surface area contributed by atoms with Gasteiger partial charge in [0.25, 0.3) is 6.01 Å². The molecule has 56 valence electrons. The summed E-state index contributed by atoms with van der Waals surface area (Å²) >= 11 is 3.29. The van der Waals surface area contributed by atoms with Gasteiger partial charge in [0.1, 0.15) is 5.52 Å². The molecule has 0 aliphatic carbocycles. The third kappa shape index (κ3) is 0.970. The third-order valence-corrected chi connectivity index (χ3v) is 1.90. The Morgan fingerprint density at radius 3 is 3.09 bits per heavy atom. The Bertz CT molecular complexity index is 398. The van der Waals surface area contributed by atoms with Crippen LogP contribution in [-0.2, 0) is 0 Å². The van der Waals surface area contributed by atoms with Crippen molar-refractivity contribution in [3.63, 3.8) is 0 Å². The molecule has 0 aromatic carbocycles. The van der Waals surface area contributed by atoms with Crippen molar-refractivity contribution in [1.29, 1.82) is 0 Å². The van der Waals surface area contributed by atoms with E-state index in [2.05, 4.69) is 25.9 Å². The number of nitrogens with two attached hydrogens (primary N) is 1. The van der Waals surface area contributed by atoms with Gasteiger partial charge in [-0.05, 0) is 22.0 Å². The maximum atomic E-state index is 5.32. The van der Waals surface area contributed by atoms with Gasteiger partial charge in [0, 0.05) is 6.20 Å². The van der Waals surface area contributed by atoms with E-state index in [9.17, 15) is 0 Å². The van der Waals surface area contributed by atoms with Crippen molar-refractivity contribution in [3.05, 3.63) is 16.7 Å². The molecule has 0 aliphatic rings. The van der Waals surface area contributed by atoms with Crippen molar-refractivity contribution in [1.82, 2.24) is 9.97 Å². The molecule has 0 amide bonds. The summed E-state index contributed by atoms with van der Waals surface area (Å²) in [4.78, 5) is 7.84. The number of nitrogens with zero attached hydrogens (tertiary/aromatic N) is 2. The summed E-state index contributed by atoms with van der Waals surface area (Å²) in [6.45, 7) is 0. The fourth-order valence-electron chi connectivity index (χ4n) is 0.821. The molecule has 2 aromatic heterocycles. The summed E-state index contributed by atoms with van der Waals surface area (Å²) in [5, 5.41) is 0. The number of fused-ring (bicyclic) bond motifs is 1. The van der Waals surface area contributed by atoms with Crippen molar-refractivity contribution < 1.29 is 4.42 Å². The van der Waals surface area contributed by atoms with Crippen LogP contribution in [0.4, 0.5) is 6.01 Å². The molecule has 4 nitrogen and oxygen atoms in total. The minimum Gasteiger partial charge on any atom is -0.405 e. The highest BCUT2D eigenvalue weighted by atomic mass is 79.9. The number of rotatable bonds is 0. The molecule has 0 saturated heterocycles. The number of anilines is 1. The molecule has 0 saturated carbocycles. The zero-order valence-electron chi connectivity index (χ0n) is 5.41. The molecule has 2 N–H and O–H groups in total. The fourth-order valence-corrected chi connectivity index (χ4v) is 1.20. The first-order valence-corrected chi connectivity index (χ1v) is 3.73. The van der Waals surface area contributed by atoms with E-state index in [1.165, 1.54) is 0 Å². The summed E-state index contributed by atoms with van der Waals surface area (Å²) in [7, 11) is 0. The molecule has 2 heterocycles. The number of hydrogen-bond donors (Lipinski definition) is 1. The monoisotopic (exact) mass is 213 g/mol. The predicted octanol–water partition coefficient (Wildman–Crippen LogP) is 1.57. The minimum atomic E-state index is 0.138. The van der Waals surface area contributed by atoms with Crippen molar-refractivity contribution in [2.45, 2.75) is 0 Å². The van der Waals surface area contributed by atoms with Crippen molar-refractivity contribution in [3.8, 4) is 0 Å². The highest BCUT2D eigenvalue weighted by molar-refractivity contribution is 9.10. The van der Waals surface area contributed by atoms with Gasteiger partial charge in [0.15, 0.2) is 0 Å². The Morgan fingerprint density at radius 1 is 1.55 bits per heavy atom. The van der Waals surface area contributed by atoms with Crippen LogP contribution in [0.25, 0.3) is 11.2 Å². The molecule has 0 bridgehead atoms. The zero-order chi connectivity index (χ0) is 7.84. The van der Waals surface area contributed by atoms with Gasteiger partial charge >= 0.3 is 0 Å². The zero-order valence-corrected chi connectivity index (χ0v) is 7.00. The highest BCUT2D eigenvalue weighted by Gasteiger charge is 2.05. The number of halogens is 1. The normalized spacial score (nSPS) is 10.6. The summed E-state index contributed by atoms with van der Waals surface area (Å²) in [5.41, 5.74) is 6.43. The lowest BCUT2D eigenvalue weighted by Crippen LogP contribution is -1.80. The second-order valence-corrected chi connectivity index (χ2v) is 2.85. The summed E-state index contributed by atoms with van der Waals surface area (Å²) in [5.74, 6) is 0. The van der Waals surface area contributed by atoms with Crippen LogP contribution in [0.2, 0.25) is 0 Å². The minimum absolute atomic E-state index is 0.138. The van der Waals surface area contributed by atoms with Crippen LogP contribution in [0.15, 0.2) is 21.2 Å². The van der Waals surface area contributed by atoms with E-state index in [-0.39, 0.29) is 6.01 Å². The van der Waals surface area contributed by atoms with Crippen LogP contribution < -0.4 is 5.73 Å². The Morgan fingerprint density at radius 2 is 2.36 bits per heavy atom. The lowest BCUT2D eigenvalue weighted by Gasteiger charge is -1.85. The molecule has 2 aromatic rings. The molecule has 5 heteroatoms. The first-order chi connectivity index (χ1) is 5.27. The average Bonchev–Trinajstić information content (AvgIpc) is 2.31. The van der Waals surface area contributed by atoms with Gasteiger partial charge in [-0.25, -0.2) is 4.98 Å². The first kappa shape index (κ1) is 6.60. The van der Waals surface area contributed by atoms with Crippen LogP contribution >= 0.6 is 15.9 Å². The van der Waals surface area contributed by atoms with Crippen molar-refractivity contribution in [2.75, 3.05) is 5.73 Å². The van der Waals surface area contributed by atoms with Gasteiger partial charge in [-0.3, -0.25) is 0 Å². The van der Waals surface area contributed by atoms with Gasteiger partial charge < -0.3 is 10.2 Å². The molecular weight excluding hydrogens is 210 g/mol. The van der Waals surface area contributed by atoms with E-state index in [0.717, 1.165) is 4.47 Å². The van der Waals surface area contributed by atoms with E-state index in [4.69, 9.17) is 10.2 Å². The standard InChI is InChI=1S/C6H4BrN3O/c7-3-1-2-9-5-4(3)10-6(8)11-5/h1-2H,(H2,8,10). The van der Waals surface area contributed by atoms with Gasteiger partial charge in [0.2, 0.25) is 5.71 Å². The Hall–Kier alpha value is -1.10. The molecular formula is C6H4BrN3O. The smallest absolute Gasteiger partial charge is 0.294 e. The van der Waals surface area contributed by atoms with E-state index in [0.29, 0.717) is 11.2 Å². The number of nitrogen functional groups attached to an aromatic ring is 1. The maximum Gasteiger partial charge on any atom is 0.294 e. The van der Waals surface area contributed by atoms with E-state index < -0.39 is 0 Å². The average molecular weight is 214 g/mol. The van der Waals surface area contributed by atoms with Crippen molar-refractivity contribution in [2.24, 2.45) is 0 Å². The number of hydrogen-bond acceptors (Lipinski definition) is 4. The predicted molar refractivity (Wildman–Crippen MR) is 43.9 cm³/mol. The molecule has 0 radical (unpaired) electrons. The second-order valence-electron chi connectivity index (χ2n) is 2.00. The Labute approximate surface area is 70.6 Å². The van der Waals surface area contributed by atoms with Crippen LogP contribution in [0.3, 0.4) is 0 Å². The van der Waals surface area contributed by atoms with Gasteiger partial charge in [-0.1, -0.05) is 0 Å². The lowest BCUT2D eigenvalue weighted by atomic mass is 10.4. The molecule has 2 rings (SSSR count). The molecule has 11 heavy (non-hydrogen) atoms. The quantitative estimate of drug-likeness (QED) is 0.722. The topological polar surface area (TPSA) is 64.9 Å². The second kappa shape index (κ2) is 2.20. The van der Waals surface area contributed by atoms with E-state index in [1.807, 2.05) is 0 Å². The molecule has 0 unspecified atom stereocenters. The van der Waals surface area contributed by atoms with Crippen LogP contribution in [-0.4, -0.2) is 9.97 Å². The number of pyridine rings is 1. The van der Waals surface area contributed by atoms with Gasteiger partial charge in [-0.2, -0.15) is 4.98 Å². The van der Waals surface area contributed by atoms with Crippen molar-refractivity contribution >= 4 is 33.2 Å². The summed E-state index contributed by atoms with van der Waals surface area (Å²) < 4.78 is 5.81. The van der Waals surface area contributed by atoms with Crippen LogP contribution in [0, 0.1) is 0 Å². The molecule has 0 spiro atoms. The molecule has 0 aliphatic heterocycles. The third-order valence-electron chi connectivity index (χ3n) is 1.26. The number of aromatic nitrogens is 2.